The van der Waals surface area contributed by atoms with E-state index in [1.807, 2.05) is 52.0 Å². The lowest BCUT2D eigenvalue weighted by atomic mass is 9.55. The molecular formula is C15H24BNO. The van der Waals surface area contributed by atoms with Gasteiger partial charge in [0.25, 0.3) is 0 Å². The number of amides is 1. The standard InChI is InChI=1S/C15H24BNO/c1-11(12-9-7-6-8-10-12)17-13(18)15(5,16)14(2,3)4/h6-11H,16H2,1-5H3,(H,17,18)/t11-,15?/m0/s1. The molecule has 0 saturated carbocycles. The molecule has 1 aromatic carbocycles. The van der Waals surface area contributed by atoms with Gasteiger partial charge in [0.2, 0.25) is 5.91 Å². The Bertz CT molecular complexity index is 406. The van der Waals surface area contributed by atoms with Crippen molar-refractivity contribution in [3.63, 3.8) is 0 Å². The summed E-state index contributed by atoms with van der Waals surface area (Å²) in [4.78, 5) is 12.4. The first-order valence-electron chi connectivity index (χ1n) is 6.52. The van der Waals surface area contributed by atoms with E-state index in [0.29, 0.717) is 0 Å². The fourth-order valence-electron chi connectivity index (χ4n) is 1.54. The number of benzene rings is 1. The molecule has 1 rings (SSSR count). The highest BCUT2D eigenvalue weighted by atomic mass is 16.2. The minimum absolute atomic E-state index is 0.0420. The molecule has 0 bridgehead atoms. The van der Waals surface area contributed by atoms with E-state index in [-0.39, 0.29) is 17.4 Å². The van der Waals surface area contributed by atoms with E-state index in [4.69, 9.17) is 0 Å². The zero-order valence-corrected chi connectivity index (χ0v) is 12.4. The van der Waals surface area contributed by atoms with Crippen molar-refractivity contribution in [1.29, 1.82) is 0 Å². The second kappa shape index (κ2) is 5.17. The van der Waals surface area contributed by atoms with E-state index < -0.39 is 5.31 Å². The first-order chi connectivity index (χ1) is 8.16. The van der Waals surface area contributed by atoms with E-state index in [1.54, 1.807) is 0 Å². The van der Waals surface area contributed by atoms with Crippen molar-refractivity contribution in [3.05, 3.63) is 35.9 Å². The minimum Gasteiger partial charge on any atom is -0.350 e. The van der Waals surface area contributed by atoms with Gasteiger partial charge in [0.05, 0.1) is 6.04 Å². The maximum absolute atomic E-state index is 12.4. The largest absolute Gasteiger partial charge is 0.350 e. The highest BCUT2D eigenvalue weighted by molar-refractivity contribution is 6.28. The Kier molecular flexibility index (Phi) is 4.26. The molecule has 1 aromatic rings. The molecule has 2 atom stereocenters. The Labute approximate surface area is 112 Å². The van der Waals surface area contributed by atoms with Gasteiger partial charge in [-0.1, -0.05) is 58.0 Å². The zero-order chi connectivity index (χ0) is 14.0. The van der Waals surface area contributed by atoms with Gasteiger partial charge in [-0.15, -0.1) is 0 Å². The number of nitrogens with one attached hydrogen (secondary N) is 1. The molecule has 0 fully saturated rings. The normalized spacial score (nSPS) is 16.7. The Hall–Kier alpha value is -1.25. The SMILES string of the molecule is BC(C)(C(=O)N[C@@H](C)c1ccccc1)C(C)(C)C. The molecule has 0 aliphatic heterocycles. The minimum atomic E-state index is -0.393. The summed E-state index contributed by atoms with van der Waals surface area (Å²) >= 11 is 0. The summed E-state index contributed by atoms with van der Waals surface area (Å²) in [5.74, 6) is 0.103. The number of hydrogen-bond donors (Lipinski definition) is 1. The molecule has 0 spiro atoms. The van der Waals surface area contributed by atoms with Crippen molar-refractivity contribution in [1.82, 2.24) is 5.32 Å². The number of carbonyl (C=O) groups is 1. The molecule has 18 heavy (non-hydrogen) atoms. The van der Waals surface area contributed by atoms with Crippen LogP contribution >= 0.6 is 0 Å². The molecule has 1 N–H and O–H groups in total. The summed E-state index contributed by atoms with van der Waals surface area (Å²) in [5.41, 5.74) is 1.07. The third kappa shape index (κ3) is 3.15. The Balaban J connectivity index is 2.78. The molecule has 0 heterocycles. The highest BCUT2D eigenvalue weighted by Gasteiger charge is 2.39. The third-order valence-electron chi connectivity index (χ3n) is 4.09. The molecule has 0 radical (unpaired) electrons. The molecule has 0 aliphatic rings. The first kappa shape index (κ1) is 14.8. The summed E-state index contributed by atoms with van der Waals surface area (Å²) < 4.78 is 0. The van der Waals surface area contributed by atoms with Crippen LogP contribution in [0.15, 0.2) is 30.3 Å². The number of carbonyl (C=O) groups excluding carboxylic acids is 1. The number of rotatable bonds is 3. The Morgan fingerprint density at radius 3 is 2.11 bits per heavy atom. The quantitative estimate of drug-likeness (QED) is 0.815. The van der Waals surface area contributed by atoms with Crippen molar-refractivity contribution >= 4 is 13.8 Å². The van der Waals surface area contributed by atoms with Gasteiger partial charge in [0.1, 0.15) is 7.85 Å². The van der Waals surface area contributed by atoms with Crippen LogP contribution in [0.3, 0.4) is 0 Å². The van der Waals surface area contributed by atoms with Crippen LogP contribution in [-0.4, -0.2) is 13.8 Å². The predicted octanol–water partition coefficient (Wildman–Crippen LogP) is 2.72. The fraction of sp³-hybridized carbons (Fsp3) is 0.533. The second-order valence-electron chi connectivity index (χ2n) is 6.48. The van der Waals surface area contributed by atoms with Crippen LogP contribution in [0.1, 0.15) is 46.2 Å². The lowest BCUT2D eigenvalue weighted by Gasteiger charge is -2.38. The number of hydrogen-bond acceptors (Lipinski definition) is 1. The van der Waals surface area contributed by atoms with E-state index in [0.717, 1.165) is 5.56 Å². The third-order valence-corrected chi connectivity index (χ3v) is 4.09. The van der Waals surface area contributed by atoms with Crippen molar-refractivity contribution < 1.29 is 4.79 Å². The monoisotopic (exact) mass is 245 g/mol. The van der Waals surface area contributed by atoms with E-state index in [9.17, 15) is 4.79 Å². The van der Waals surface area contributed by atoms with Crippen LogP contribution in [0.25, 0.3) is 0 Å². The summed E-state index contributed by atoms with van der Waals surface area (Å²) in [7, 11) is 2.00. The molecule has 98 valence electrons. The summed E-state index contributed by atoms with van der Waals surface area (Å²) in [6, 6.07) is 10.1. The molecule has 1 unspecified atom stereocenters. The maximum Gasteiger partial charge on any atom is 0.218 e. The smallest absolute Gasteiger partial charge is 0.218 e. The van der Waals surface area contributed by atoms with Crippen LogP contribution < -0.4 is 5.32 Å². The fourth-order valence-corrected chi connectivity index (χ4v) is 1.54. The lowest BCUT2D eigenvalue weighted by molar-refractivity contribution is -0.127. The van der Waals surface area contributed by atoms with Gasteiger partial charge in [0, 0.05) is 5.31 Å². The molecule has 0 saturated heterocycles. The average molecular weight is 245 g/mol. The van der Waals surface area contributed by atoms with Gasteiger partial charge in [-0.2, -0.15) is 0 Å². The van der Waals surface area contributed by atoms with Gasteiger partial charge < -0.3 is 5.32 Å². The summed E-state index contributed by atoms with van der Waals surface area (Å²) in [6.07, 6.45) is 0. The second-order valence-corrected chi connectivity index (χ2v) is 6.48. The van der Waals surface area contributed by atoms with Crippen molar-refractivity contribution in [2.24, 2.45) is 5.41 Å². The van der Waals surface area contributed by atoms with Crippen molar-refractivity contribution in [3.8, 4) is 0 Å². The zero-order valence-electron chi connectivity index (χ0n) is 12.4. The van der Waals surface area contributed by atoms with Gasteiger partial charge in [-0.25, -0.2) is 0 Å². The van der Waals surface area contributed by atoms with E-state index in [2.05, 4.69) is 26.1 Å². The highest BCUT2D eigenvalue weighted by Crippen LogP contribution is 2.42. The van der Waals surface area contributed by atoms with Crippen molar-refractivity contribution in [2.45, 2.75) is 46.0 Å². The summed E-state index contributed by atoms with van der Waals surface area (Å²) in [5, 5.41) is 2.71. The topological polar surface area (TPSA) is 29.1 Å². The Morgan fingerprint density at radius 2 is 1.67 bits per heavy atom. The first-order valence-corrected chi connectivity index (χ1v) is 6.52. The van der Waals surface area contributed by atoms with Gasteiger partial charge >= 0.3 is 0 Å². The van der Waals surface area contributed by atoms with Crippen LogP contribution in [0.4, 0.5) is 0 Å². The van der Waals surface area contributed by atoms with Gasteiger partial charge in [0.15, 0.2) is 0 Å². The van der Waals surface area contributed by atoms with Crippen molar-refractivity contribution in [2.75, 3.05) is 0 Å². The van der Waals surface area contributed by atoms with Crippen LogP contribution in [-0.2, 0) is 4.79 Å². The average Bonchev–Trinajstić information content (AvgIpc) is 2.28. The van der Waals surface area contributed by atoms with E-state index >= 15 is 0 Å². The predicted molar refractivity (Wildman–Crippen MR) is 79.4 cm³/mol. The van der Waals surface area contributed by atoms with Crippen LogP contribution in [0, 0.1) is 5.41 Å². The molecular weight excluding hydrogens is 221 g/mol. The molecule has 2 nitrogen and oxygen atoms in total. The van der Waals surface area contributed by atoms with Crippen LogP contribution in [0.2, 0.25) is 5.31 Å². The lowest BCUT2D eigenvalue weighted by Crippen LogP contribution is -2.43. The summed E-state index contributed by atoms with van der Waals surface area (Å²) in [6.45, 7) is 10.3. The Morgan fingerprint density at radius 1 is 1.17 bits per heavy atom. The van der Waals surface area contributed by atoms with E-state index in [1.165, 1.54) is 0 Å². The molecule has 3 heteroatoms. The van der Waals surface area contributed by atoms with Gasteiger partial charge in [-0.3, -0.25) is 4.79 Å². The maximum atomic E-state index is 12.4. The molecule has 1 amide bonds. The van der Waals surface area contributed by atoms with Crippen LogP contribution in [0.5, 0.6) is 0 Å². The van der Waals surface area contributed by atoms with Gasteiger partial charge in [-0.05, 0) is 17.9 Å². The molecule has 0 aromatic heterocycles. The molecule has 0 aliphatic carbocycles.